The number of benzene rings is 1. The van der Waals surface area contributed by atoms with Gasteiger partial charge in [-0.1, -0.05) is 18.2 Å². The third kappa shape index (κ3) is 1.69. The van der Waals surface area contributed by atoms with Crippen LogP contribution in [0, 0.1) is 6.92 Å². The van der Waals surface area contributed by atoms with Crippen LogP contribution in [0.2, 0.25) is 0 Å². The number of ketones is 1. The number of aromatic hydroxyl groups is 1. The predicted molar refractivity (Wildman–Crippen MR) is 78.9 cm³/mol. The molecule has 4 nitrogen and oxygen atoms in total. The number of H-pyrrole nitrogens is 1. The first-order chi connectivity index (χ1) is 9.63. The first kappa shape index (κ1) is 12.4. The Hall–Kier alpha value is -2.62. The van der Waals surface area contributed by atoms with Crippen molar-refractivity contribution >= 4 is 23.3 Å². The quantitative estimate of drug-likeness (QED) is 0.875. The highest BCUT2D eigenvalue weighted by Gasteiger charge is 2.29. The smallest absolute Gasteiger partial charge is 0.215 e. The van der Waals surface area contributed by atoms with Gasteiger partial charge in [0.25, 0.3) is 0 Å². The van der Waals surface area contributed by atoms with E-state index in [1.54, 1.807) is 25.1 Å². The Kier molecular flexibility index (Phi) is 2.79. The normalized spacial score (nSPS) is 13.9. The Morgan fingerprint density at radius 3 is 2.75 bits per heavy atom. The fourth-order valence-corrected chi connectivity index (χ4v) is 2.34. The number of aromatic nitrogens is 1. The summed E-state index contributed by atoms with van der Waals surface area (Å²) >= 11 is 0. The van der Waals surface area contributed by atoms with Gasteiger partial charge in [0.2, 0.25) is 5.78 Å². The Morgan fingerprint density at radius 1 is 1.30 bits per heavy atom. The number of carbonyl (C=O) groups excluding carboxylic acids is 1. The Balaban J connectivity index is 2.13. The molecule has 100 valence electrons. The van der Waals surface area contributed by atoms with Crippen molar-refractivity contribution in [1.29, 1.82) is 0 Å². The molecule has 0 spiro atoms. The molecule has 3 rings (SSSR count). The van der Waals surface area contributed by atoms with Crippen LogP contribution in [0.1, 0.15) is 34.2 Å². The van der Waals surface area contributed by atoms with E-state index >= 15 is 0 Å². The number of para-hydroxylation sites is 1. The molecule has 0 saturated heterocycles. The zero-order chi connectivity index (χ0) is 14.3. The highest BCUT2D eigenvalue weighted by atomic mass is 16.3. The maximum atomic E-state index is 12.3. The summed E-state index contributed by atoms with van der Waals surface area (Å²) in [5, 5.41) is 10.2. The van der Waals surface area contributed by atoms with Crippen molar-refractivity contribution in [2.75, 3.05) is 0 Å². The summed E-state index contributed by atoms with van der Waals surface area (Å²) < 4.78 is 0. The molecule has 2 N–H and O–H groups in total. The number of rotatable bonds is 2. The lowest BCUT2D eigenvalue weighted by Gasteiger charge is -1.97. The molecular weight excluding hydrogens is 252 g/mol. The minimum atomic E-state index is -0.163. The first-order valence-electron chi connectivity index (χ1n) is 6.40. The summed E-state index contributed by atoms with van der Waals surface area (Å²) in [6, 6.07) is 7.18. The highest BCUT2D eigenvalue weighted by molar-refractivity contribution is 6.55. The lowest BCUT2D eigenvalue weighted by molar-refractivity contribution is 0.107. The van der Waals surface area contributed by atoms with E-state index in [0.29, 0.717) is 22.5 Å². The van der Waals surface area contributed by atoms with Gasteiger partial charge in [0, 0.05) is 16.8 Å². The largest absolute Gasteiger partial charge is 0.505 e. The van der Waals surface area contributed by atoms with E-state index in [-0.39, 0.29) is 17.2 Å². The Labute approximate surface area is 116 Å². The molecule has 0 unspecified atom stereocenters. The molecule has 0 amide bonds. The summed E-state index contributed by atoms with van der Waals surface area (Å²) in [5.74, 6) is -0.0813. The van der Waals surface area contributed by atoms with Crippen LogP contribution in [0.3, 0.4) is 0 Å². The van der Waals surface area contributed by atoms with Crippen molar-refractivity contribution in [3.8, 4) is 5.75 Å². The topological polar surface area (TPSA) is 65.5 Å². The summed E-state index contributed by atoms with van der Waals surface area (Å²) in [7, 11) is 0. The second kappa shape index (κ2) is 4.49. The SMILES string of the molecule is C/C=C\c1[nH]c(C2=Nc3ccccc3C2=O)c(O)c1C. The van der Waals surface area contributed by atoms with E-state index in [9.17, 15) is 9.90 Å². The molecule has 2 aromatic rings. The summed E-state index contributed by atoms with van der Waals surface area (Å²) in [5.41, 5.74) is 3.36. The molecule has 0 bridgehead atoms. The third-order valence-electron chi connectivity index (χ3n) is 3.42. The van der Waals surface area contributed by atoms with E-state index in [0.717, 1.165) is 5.69 Å². The van der Waals surface area contributed by atoms with Gasteiger partial charge < -0.3 is 10.1 Å². The first-order valence-corrected chi connectivity index (χ1v) is 6.40. The standard InChI is InChI=1S/C16H14N2O2/c1-3-6-11-9(2)15(19)13(17-11)14-16(20)10-7-4-5-8-12(10)18-14/h3-8,17,19H,1-2H3/b6-3-. The van der Waals surface area contributed by atoms with Gasteiger partial charge in [0.1, 0.15) is 17.2 Å². The molecule has 0 aliphatic carbocycles. The number of aliphatic imine (C=N–C) groups is 1. The molecule has 1 aromatic heterocycles. The number of nitrogens with one attached hydrogen (secondary N) is 1. The second-order valence-corrected chi connectivity index (χ2v) is 4.69. The minimum Gasteiger partial charge on any atom is -0.505 e. The number of allylic oxidation sites excluding steroid dienone is 1. The van der Waals surface area contributed by atoms with Crippen LogP contribution in [-0.2, 0) is 0 Å². The Morgan fingerprint density at radius 2 is 2.05 bits per heavy atom. The van der Waals surface area contributed by atoms with Crippen LogP contribution in [0.4, 0.5) is 5.69 Å². The summed E-state index contributed by atoms with van der Waals surface area (Å²) in [6.45, 7) is 3.70. The molecule has 4 heteroatoms. The number of carbonyl (C=O) groups is 1. The molecule has 20 heavy (non-hydrogen) atoms. The van der Waals surface area contributed by atoms with Crippen LogP contribution >= 0.6 is 0 Å². The van der Waals surface area contributed by atoms with Crippen molar-refractivity contribution in [2.24, 2.45) is 4.99 Å². The number of fused-ring (bicyclic) bond motifs is 1. The van der Waals surface area contributed by atoms with Gasteiger partial charge in [-0.2, -0.15) is 0 Å². The Bertz CT molecular complexity index is 767. The van der Waals surface area contributed by atoms with Gasteiger partial charge in [-0.25, -0.2) is 4.99 Å². The fourth-order valence-electron chi connectivity index (χ4n) is 2.34. The van der Waals surface area contributed by atoms with E-state index in [2.05, 4.69) is 9.98 Å². The van der Waals surface area contributed by atoms with Crippen LogP contribution in [0.25, 0.3) is 6.08 Å². The zero-order valence-electron chi connectivity index (χ0n) is 11.3. The number of nitrogens with zero attached hydrogens (tertiary/aromatic N) is 1. The predicted octanol–water partition coefficient (Wildman–Crippen LogP) is 3.38. The lowest BCUT2D eigenvalue weighted by atomic mass is 10.1. The molecule has 0 fully saturated rings. The minimum absolute atomic E-state index is 0.0815. The van der Waals surface area contributed by atoms with Gasteiger partial charge in [-0.15, -0.1) is 0 Å². The number of Topliss-reactive ketones (excluding diaryl/α,β-unsaturated/α-hetero) is 1. The highest BCUT2D eigenvalue weighted by Crippen LogP contribution is 2.33. The van der Waals surface area contributed by atoms with Gasteiger partial charge in [0.05, 0.1) is 5.69 Å². The molecule has 0 radical (unpaired) electrons. The van der Waals surface area contributed by atoms with Crippen LogP contribution in [0.5, 0.6) is 5.75 Å². The second-order valence-electron chi connectivity index (χ2n) is 4.69. The van der Waals surface area contributed by atoms with Gasteiger partial charge in [-0.3, -0.25) is 4.79 Å². The molecule has 1 aliphatic heterocycles. The van der Waals surface area contributed by atoms with Crippen LogP contribution in [-0.4, -0.2) is 21.6 Å². The monoisotopic (exact) mass is 266 g/mol. The third-order valence-corrected chi connectivity index (χ3v) is 3.42. The van der Waals surface area contributed by atoms with E-state index < -0.39 is 0 Å². The summed E-state index contributed by atoms with van der Waals surface area (Å²) in [4.78, 5) is 19.7. The van der Waals surface area contributed by atoms with E-state index in [4.69, 9.17) is 0 Å². The van der Waals surface area contributed by atoms with Crippen molar-refractivity contribution in [3.05, 3.63) is 52.9 Å². The van der Waals surface area contributed by atoms with E-state index in [1.807, 2.05) is 25.1 Å². The van der Waals surface area contributed by atoms with Gasteiger partial charge >= 0.3 is 0 Å². The zero-order valence-corrected chi connectivity index (χ0v) is 11.3. The van der Waals surface area contributed by atoms with Crippen molar-refractivity contribution in [2.45, 2.75) is 13.8 Å². The maximum Gasteiger partial charge on any atom is 0.215 e. The van der Waals surface area contributed by atoms with Crippen LogP contribution in [0.15, 0.2) is 35.3 Å². The lowest BCUT2D eigenvalue weighted by Crippen LogP contribution is -2.11. The molecule has 1 aliphatic rings. The molecule has 1 aromatic carbocycles. The average Bonchev–Trinajstić information content (AvgIpc) is 2.92. The van der Waals surface area contributed by atoms with Crippen molar-refractivity contribution in [1.82, 2.24) is 4.98 Å². The van der Waals surface area contributed by atoms with Crippen LogP contribution < -0.4 is 0 Å². The molecular formula is C16H14N2O2. The molecule has 0 saturated carbocycles. The van der Waals surface area contributed by atoms with Gasteiger partial charge in [-0.05, 0) is 32.1 Å². The van der Waals surface area contributed by atoms with Gasteiger partial charge in [0.15, 0.2) is 0 Å². The number of hydrogen-bond acceptors (Lipinski definition) is 3. The molecule has 0 atom stereocenters. The summed E-state index contributed by atoms with van der Waals surface area (Å²) in [6.07, 6.45) is 3.72. The fraction of sp³-hybridized carbons (Fsp3) is 0.125. The average molecular weight is 266 g/mol. The van der Waals surface area contributed by atoms with E-state index in [1.165, 1.54) is 0 Å². The van der Waals surface area contributed by atoms with Crippen molar-refractivity contribution in [3.63, 3.8) is 0 Å². The number of aromatic amines is 1. The van der Waals surface area contributed by atoms with Crippen molar-refractivity contribution < 1.29 is 9.90 Å². The maximum absolute atomic E-state index is 12.3. The molecule has 2 heterocycles. The number of hydrogen-bond donors (Lipinski definition) is 2.